The quantitative estimate of drug-likeness (QED) is 0.775. The second-order valence-corrected chi connectivity index (χ2v) is 7.24. The molecule has 4 amide bonds. The summed E-state index contributed by atoms with van der Waals surface area (Å²) in [6.45, 7) is 0.455. The Morgan fingerprint density at radius 3 is 2.74 bits per heavy atom. The van der Waals surface area contributed by atoms with Crippen LogP contribution in [0, 0.1) is 0 Å². The molecule has 0 radical (unpaired) electrons. The Morgan fingerprint density at radius 2 is 1.93 bits per heavy atom. The van der Waals surface area contributed by atoms with Gasteiger partial charge in [-0.15, -0.1) is 0 Å². The van der Waals surface area contributed by atoms with Crippen molar-refractivity contribution in [2.24, 2.45) is 0 Å². The summed E-state index contributed by atoms with van der Waals surface area (Å²) in [6, 6.07) is 12.0. The molecule has 7 nitrogen and oxygen atoms in total. The Balaban J connectivity index is 1.53. The van der Waals surface area contributed by atoms with E-state index in [1.807, 2.05) is 36.4 Å². The third-order valence-corrected chi connectivity index (χ3v) is 5.86. The number of anilines is 1. The van der Waals surface area contributed by atoms with E-state index < -0.39 is 6.04 Å². The molecule has 3 aliphatic heterocycles. The topological polar surface area (TPSA) is 70.2 Å². The monoisotopic (exact) mass is 365 g/mol. The predicted octanol–water partition coefficient (Wildman–Crippen LogP) is 1.61. The third kappa shape index (κ3) is 2.15. The van der Waals surface area contributed by atoms with Crippen LogP contribution in [-0.2, 0) is 14.3 Å². The maximum Gasteiger partial charge on any atom is 0.332 e. The summed E-state index contributed by atoms with van der Waals surface area (Å²) in [6.07, 6.45) is 0.654. The molecule has 0 spiro atoms. The maximum atomic E-state index is 13.3. The number of methoxy groups -OCH3 is 1. The molecule has 0 aromatic heterocycles. The van der Waals surface area contributed by atoms with Crippen LogP contribution in [0.4, 0.5) is 10.5 Å². The van der Waals surface area contributed by atoms with Gasteiger partial charge in [-0.3, -0.25) is 9.59 Å². The molecule has 2 aromatic rings. The van der Waals surface area contributed by atoms with E-state index in [9.17, 15) is 14.4 Å². The first-order valence-corrected chi connectivity index (χ1v) is 9.04. The van der Waals surface area contributed by atoms with E-state index in [0.717, 1.165) is 10.8 Å². The smallest absolute Gasteiger partial charge is 0.332 e. The van der Waals surface area contributed by atoms with Crippen LogP contribution in [0.2, 0.25) is 0 Å². The molecule has 2 unspecified atom stereocenters. The van der Waals surface area contributed by atoms with Crippen LogP contribution in [0.3, 0.4) is 0 Å². The first-order valence-electron chi connectivity index (χ1n) is 9.04. The van der Waals surface area contributed by atoms with Gasteiger partial charge in [-0.05, 0) is 17.9 Å². The van der Waals surface area contributed by atoms with Gasteiger partial charge in [0.05, 0.1) is 17.8 Å². The SMILES string of the molecule is COCC(=O)N1CC2CC1[C@@H]1C(=O)N(c3cccc4ccccc34)C(=O)N21. The van der Waals surface area contributed by atoms with E-state index in [2.05, 4.69) is 0 Å². The van der Waals surface area contributed by atoms with Crippen molar-refractivity contribution in [2.75, 3.05) is 25.2 Å². The number of amides is 4. The molecular formula is C20H19N3O4. The van der Waals surface area contributed by atoms with Crippen molar-refractivity contribution < 1.29 is 19.1 Å². The van der Waals surface area contributed by atoms with Crippen molar-refractivity contribution >= 4 is 34.3 Å². The molecule has 3 heterocycles. The minimum Gasteiger partial charge on any atom is -0.375 e. The standard InChI is InChI=1S/C20H19N3O4/c1-27-11-17(24)21-10-13-9-16(21)18-19(25)23(20(26)22(13)18)15-8-4-6-12-5-2-3-7-14(12)15/h2-8,13,16,18H,9-11H2,1H3/t13?,16?,18-/m1/s1. The summed E-state index contributed by atoms with van der Waals surface area (Å²) in [4.78, 5) is 43.4. The Labute approximate surface area is 156 Å². The van der Waals surface area contributed by atoms with Crippen LogP contribution in [0.25, 0.3) is 10.8 Å². The summed E-state index contributed by atoms with van der Waals surface area (Å²) < 4.78 is 4.95. The summed E-state index contributed by atoms with van der Waals surface area (Å²) in [5.41, 5.74) is 0.603. The highest BCUT2D eigenvalue weighted by Gasteiger charge is 2.62. The van der Waals surface area contributed by atoms with Gasteiger partial charge in [-0.1, -0.05) is 36.4 Å². The van der Waals surface area contributed by atoms with Crippen LogP contribution >= 0.6 is 0 Å². The largest absolute Gasteiger partial charge is 0.375 e. The number of benzene rings is 2. The molecule has 5 rings (SSSR count). The van der Waals surface area contributed by atoms with Crippen molar-refractivity contribution in [3.8, 4) is 0 Å². The van der Waals surface area contributed by atoms with E-state index in [-0.39, 0.29) is 36.5 Å². The van der Waals surface area contributed by atoms with Gasteiger partial charge in [-0.2, -0.15) is 0 Å². The zero-order valence-corrected chi connectivity index (χ0v) is 14.9. The van der Waals surface area contributed by atoms with Crippen LogP contribution < -0.4 is 4.90 Å². The second kappa shape index (κ2) is 5.79. The fraction of sp³-hybridized carbons (Fsp3) is 0.350. The number of nitrogens with zero attached hydrogens (tertiary/aromatic N) is 3. The van der Waals surface area contributed by atoms with Crippen LogP contribution in [0.5, 0.6) is 0 Å². The predicted molar refractivity (Wildman–Crippen MR) is 98.2 cm³/mol. The van der Waals surface area contributed by atoms with E-state index in [0.29, 0.717) is 18.7 Å². The number of rotatable bonds is 3. The minimum atomic E-state index is -0.601. The normalized spacial score (nSPS) is 26.4. The highest BCUT2D eigenvalue weighted by molar-refractivity contribution is 6.25. The van der Waals surface area contributed by atoms with Crippen molar-refractivity contribution in [3.63, 3.8) is 0 Å². The number of hydrogen-bond acceptors (Lipinski definition) is 4. The number of likely N-dealkylation sites (tertiary alicyclic amines) is 1. The minimum absolute atomic E-state index is 0.00882. The van der Waals surface area contributed by atoms with E-state index >= 15 is 0 Å². The van der Waals surface area contributed by atoms with Crippen molar-refractivity contribution in [1.82, 2.24) is 9.80 Å². The zero-order valence-electron chi connectivity index (χ0n) is 14.9. The average Bonchev–Trinajstić information content (AvgIpc) is 3.33. The third-order valence-electron chi connectivity index (χ3n) is 5.86. The molecule has 3 saturated heterocycles. The first kappa shape index (κ1) is 16.3. The zero-order chi connectivity index (χ0) is 18.7. The molecular weight excluding hydrogens is 346 g/mol. The van der Waals surface area contributed by atoms with Gasteiger partial charge in [0.1, 0.15) is 12.6 Å². The number of imide groups is 1. The van der Waals surface area contributed by atoms with E-state index in [4.69, 9.17) is 4.74 Å². The number of carbonyl (C=O) groups is 3. The molecule has 0 aliphatic carbocycles. The summed E-state index contributed by atoms with van der Waals surface area (Å²) >= 11 is 0. The molecule has 3 aliphatic rings. The van der Waals surface area contributed by atoms with Gasteiger partial charge in [0.25, 0.3) is 5.91 Å². The van der Waals surface area contributed by atoms with Gasteiger partial charge >= 0.3 is 6.03 Å². The Bertz CT molecular complexity index is 969. The molecule has 3 fully saturated rings. The van der Waals surface area contributed by atoms with Gasteiger partial charge in [-0.25, -0.2) is 9.69 Å². The van der Waals surface area contributed by atoms with Crippen LogP contribution in [-0.4, -0.2) is 66.0 Å². The number of fused-ring (bicyclic) bond motifs is 6. The molecule has 27 heavy (non-hydrogen) atoms. The number of urea groups is 1. The van der Waals surface area contributed by atoms with Gasteiger partial charge < -0.3 is 14.5 Å². The van der Waals surface area contributed by atoms with Crippen LogP contribution in [0.15, 0.2) is 42.5 Å². The summed E-state index contributed by atoms with van der Waals surface area (Å²) in [5.74, 6) is -0.382. The maximum absolute atomic E-state index is 13.3. The lowest BCUT2D eigenvalue weighted by molar-refractivity contribution is -0.139. The molecule has 138 valence electrons. The molecule has 2 bridgehead atoms. The average molecular weight is 365 g/mol. The van der Waals surface area contributed by atoms with Crippen molar-refractivity contribution in [3.05, 3.63) is 42.5 Å². The van der Waals surface area contributed by atoms with Gasteiger partial charge in [0.2, 0.25) is 5.91 Å². The fourth-order valence-corrected chi connectivity index (χ4v) is 4.78. The highest BCUT2D eigenvalue weighted by atomic mass is 16.5. The highest BCUT2D eigenvalue weighted by Crippen LogP contribution is 2.43. The number of piperazine rings is 1. The number of carbonyl (C=O) groups excluding carboxylic acids is 3. The number of ether oxygens (including phenoxy) is 1. The molecule has 0 N–H and O–H groups in total. The molecule has 7 heteroatoms. The van der Waals surface area contributed by atoms with Crippen molar-refractivity contribution in [2.45, 2.75) is 24.5 Å². The number of hydrogen-bond donors (Lipinski definition) is 0. The lowest BCUT2D eigenvalue weighted by Gasteiger charge is -2.34. The summed E-state index contributed by atoms with van der Waals surface area (Å²) in [5, 5.41) is 1.84. The second-order valence-electron chi connectivity index (χ2n) is 7.24. The Kier molecular flexibility index (Phi) is 3.48. The molecule has 0 saturated carbocycles. The lowest BCUT2D eigenvalue weighted by Crippen LogP contribution is -2.55. The van der Waals surface area contributed by atoms with Gasteiger partial charge in [0.15, 0.2) is 0 Å². The Morgan fingerprint density at radius 1 is 1.15 bits per heavy atom. The lowest BCUT2D eigenvalue weighted by atomic mass is 10.1. The molecule has 3 atom stereocenters. The van der Waals surface area contributed by atoms with Crippen LogP contribution in [0.1, 0.15) is 6.42 Å². The van der Waals surface area contributed by atoms with E-state index in [1.165, 1.54) is 12.0 Å². The van der Waals surface area contributed by atoms with Gasteiger partial charge in [0, 0.05) is 19.0 Å². The van der Waals surface area contributed by atoms with Crippen molar-refractivity contribution in [1.29, 1.82) is 0 Å². The first-order chi connectivity index (χ1) is 13.1. The summed E-state index contributed by atoms with van der Waals surface area (Å²) in [7, 11) is 1.48. The molecule has 2 aromatic carbocycles. The Hall–Kier alpha value is -2.93. The van der Waals surface area contributed by atoms with E-state index in [1.54, 1.807) is 15.9 Å². The fourth-order valence-electron chi connectivity index (χ4n) is 4.78.